The minimum absolute atomic E-state index is 0.169. The van der Waals surface area contributed by atoms with Crippen LogP contribution in [-0.2, 0) is 19.3 Å². The molecule has 0 radical (unpaired) electrons. The van der Waals surface area contributed by atoms with Gasteiger partial charge in [-0.05, 0) is 43.9 Å². The zero-order chi connectivity index (χ0) is 18.6. The van der Waals surface area contributed by atoms with Gasteiger partial charge in [0.15, 0.2) is 0 Å². The van der Waals surface area contributed by atoms with E-state index in [0.29, 0.717) is 17.7 Å². The summed E-state index contributed by atoms with van der Waals surface area (Å²) in [6.45, 7) is 0.631. The number of nitrogens with one attached hydrogen (secondary N) is 1. The van der Waals surface area contributed by atoms with Gasteiger partial charge in [0.2, 0.25) is 0 Å². The summed E-state index contributed by atoms with van der Waals surface area (Å²) < 4.78 is 52.9. The van der Waals surface area contributed by atoms with Crippen LogP contribution in [0.15, 0.2) is 36.4 Å². The second-order valence-corrected chi connectivity index (χ2v) is 5.89. The first-order chi connectivity index (χ1) is 11.7. The first-order valence-corrected chi connectivity index (χ1v) is 7.48. The van der Waals surface area contributed by atoms with E-state index in [2.05, 4.69) is 5.32 Å². The van der Waals surface area contributed by atoms with E-state index in [1.807, 2.05) is 19.0 Å². The zero-order valence-electron chi connectivity index (χ0n) is 13.8. The Morgan fingerprint density at radius 2 is 1.84 bits per heavy atom. The van der Waals surface area contributed by atoms with Crippen LogP contribution in [0.5, 0.6) is 0 Å². The van der Waals surface area contributed by atoms with Gasteiger partial charge in [0.25, 0.3) is 0 Å². The maximum Gasteiger partial charge on any atom is 0.417 e. The molecular weight excluding hydrogens is 334 g/mol. The van der Waals surface area contributed by atoms with Crippen molar-refractivity contribution in [1.29, 1.82) is 5.26 Å². The number of rotatable bonds is 5. The zero-order valence-corrected chi connectivity index (χ0v) is 13.8. The van der Waals surface area contributed by atoms with Crippen LogP contribution in [0.1, 0.15) is 22.3 Å². The molecule has 0 amide bonds. The summed E-state index contributed by atoms with van der Waals surface area (Å²) in [5, 5.41) is 11.6. The van der Waals surface area contributed by atoms with Crippen molar-refractivity contribution in [3.8, 4) is 6.07 Å². The van der Waals surface area contributed by atoms with Gasteiger partial charge < -0.3 is 10.2 Å². The normalized spacial score (nSPS) is 11.4. The van der Waals surface area contributed by atoms with E-state index in [1.54, 1.807) is 12.1 Å². The molecule has 0 bridgehead atoms. The van der Waals surface area contributed by atoms with Crippen LogP contribution >= 0.6 is 0 Å². The Labute approximate surface area is 143 Å². The summed E-state index contributed by atoms with van der Waals surface area (Å²) in [4.78, 5) is 1.84. The molecule has 0 aliphatic heterocycles. The molecule has 0 spiro atoms. The standard InChI is InChI=1S/C18H17F4N3/c1-25(2)11-14-4-3-12(7-17(14)19)10-24-15-6-5-13(9-23)16(8-15)18(20,21)22/h3-8,24H,10-11H2,1-2H3. The van der Waals surface area contributed by atoms with Crippen LogP contribution in [0, 0.1) is 17.1 Å². The first kappa shape index (κ1) is 18.7. The summed E-state index contributed by atoms with van der Waals surface area (Å²) in [6, 6.07) is 9.67. The predicted octanol–water partition coefficient (Wildman–Crippen LogP) is 4.39. The highest BCUT2D eigenvalue weighted by molar-refractivity contribution is 5.53. The SMILES string of the molecule is CN(C)Cc1ccc(CNc2ccc(C#N)c(C(F)(F)F)c2)cc1F. The van der Waals surface area contributed by atoms with E-state index in [-0.39, 0.29) is 18.0 Å². The Kier molecular flexibility index (Phi) is 5.65. The minimum Gasteiger partial charge on any atom is -0.381 e. The molecule has 132 valence electrons. The van der Waals surface area contributed by atoms with E-state index >= 15 is 0 Å². The van der Waals surface area contributed by atoms with Crippen LogP contribution < -0.4 is 5.32 Å². The molecule has 25 heavy (non-hydrogen) atoms. The smallest absolute Gasteiger partial charge is 0.381 e. The van der Waals surface area contributed by atoms with Crippen molar-refractivity contribution < 1.29 is 17.6 Å². The lowest BCUT2D eigenvalue weighted by Crippen LogP contribution is -2.12. The highest BCUT2D eigenvalue weighted by atomic mass is 19.4. The summed E-state index contributed by atoms with van der Waals surface area (Å²) >= 11 is 0. The number of benzene rings is 2. The van der Waals surface area contributed by atoms with Gasteiger partial charge in [-0.2, -0.15) is 18.4 Å². The molecule has 0 aliphatic rings. The third kappa shape index (κ3) is 4.94. The molecule has 0 saturated heterocycles. The van der Waals surface area contributed by atoms with E-state index in [4.69, 9.17) is 5.26 Å². The number of halogens is 4. The molecular formula is C18H17F4N3. The summed E-state index contributed by atoms with van der Waals surface area (Å²) in [6.07, 6.45) is -4.61. The van der Waals surface area contributed by atoms with Gasteiger partial charge in [0.05, 0.1) is 17.2 Å². The molecule has 7 heteroatoms. The molecule has 0 saturated carbocycles. The van der Waals surface area contributed by atoms with Gasteiger partial charge in [0, 0.05) is 24.3 Å². The van der Waals surface area contributed by atoms with Crippen molar-refractivity contribution in [3.05, 3.63) is 64.5 Å². The maximum absolute atomic E-state index is 14.0. The van der Waals surface area contributed by atoms with Gasteiger partial charge in [-0.3, -0.25) is 0 Å². The van der Waals surface area contributed by atoms with Gasteiger partial charge in [0.1, 0.15) is 5.82 Å². The number of anilines is 1. The van der Waals surface area contributed by atoms with E-state index in [1.165, 1.54) is 18.2 Å². The first-order valence-electron chi connectivity index (χ1n) is 7.48. The van der Waals surface area contributed by atoms with E-state index in [9.17, 15) is 17.6 Å². The molecule has 3 nitrogen and oxygen atoms in total. The van der Waals surface area contributed by atoms with Crippen molar-refractivity contribution in [1.82, 2.24) is 4.90 Å². The van der Waals surface area contributed by atoms with Crippen LogP contribution in [0.4, 0.5) is 23.2 Å². The lowest BCUT2D eigenvalue weighted by atomic mass is 10.1. The largest absolute Gasteiger partial charge is 0.417 e. The monoisotopic (exact) mass is 351 g/mol. The molecule has 0 aliphatic carbocycles. The van der Waals surface area contributed by atoms with Crippen molar-refractivity contribution in [2.75, 3.05) is 19.4 Å². The average molecular weight is 351 g/mol. The topological polar surface area (TPSA) is 39.1 Å². The summed E-state index contributed by atoms with van der Waals surface area (Å²) in [5.41, 5.74) is -0.0573. The maximum atomic E-state index is 14.0. The van der Waals surface area contributed by atoms with Crippen molar-refractivity contribution >= 4 is 5.69 Å². The van der Waals surface area contributed by atoms with E-state index < -0.39 is 17.3 Å². The predicted molar refractivity (Wildman–Crippen MR) is 87.3 cm³/mol. The Morgan fingerprint density at radius 1 is 1.12 bits per heavy atom. The van der Waals surface area contributed by atoms with E-state index in [0.717, 1.165) is 12.1 Å². The van der Waals surface area contributed by atoms with Crippen LogP contribution in [-0.4, -0.2) is 19.0 Å². The highest BCUT2D eigenvalue weighted by Crippen LogP contribution is 2.33. The van der Waals surface area contributed by atoms with Crippen molar-refractivity contribution in [3.63, 3.8) is 0 Å². The van der Waals surface area contributed by atoms with Gasteiger partial charge in [-0.1, -0.05) is 12.1 Å². The summed E-state index contributed by atoms with van der Waals surface area (Å²) in [5.74, 6) is -0.358. The highest BCUT2D eigenvalue weighted by Gasteiger charge is 2.33. The molecule has 2 rings (SSSR count). The fourth-order valence-electron chi connectivity index (χ4n) is 2.36. The third-order valence-corrected chi connectivity index (χ3v) is 3.55. The van der Waals surface area contributed by atoms with Crippen LogP contribution in [0.2, 0.25) is 0 Å². The molecule has 0 aromatic heterocycles. The molecule has 1 N–H and O–H groups in total. The average Bonchev–Trinajstić information content (AvgIpc) is 2.53. The second kappa shape index (κ2) is 7.53. The van der Waals surface area contributed by atoms with Crippen molar-refractivity contribution in [2.45, 2.75) is 19.3 Å². The molecule has 0 fully saturated rings. The van der Waals surface area contributed by atoms with Crippen LogP contribution in [0.3, 0.4) is 0 Å². The van der Waals surface area contributed by atoms with Crippen molar-refractivity contribution in [2.24, 2.45) is 0 Å². The van der Waals surface area contributed by atoms with Crippen LogP contribution in [0.25, 0.3) is 0 Å². The lowest BCUT2D eigenvalue weighted by Gasteiger charge is -2.14. The Balaban J connectivity index is 2.14. The minimum atomic E-state index is -4.61. The second-order valence-electron chi connectivity index (χ2n) is 5.89. The molecule has 2 aromatic carbocycles. The summed E-state index contributed by atoms with van der Waals surface area (Å²) in [7, 11) is 3.66. The molecule has 2 aromatic rings. The Morgan fingerprint density at radius 3 is 2.40 bits per heavy atom. The Hall–Kier alpha value is -2.59. The number of hydrogen-bond donors (Lipinski definition) is 1. The number of nitriles is 1. The lowest BCUT2D eigenvalue weighted by molar-refractivity contribution is -0.137. The van der Waals surface area contributed by atoms with Gasteiger partial charge >= 0.3 is 6.18 Å². The number of alkyl halides is 3. The van der Waals surface area contributed by atoms with Gasteiger partial charge in [-0.25, -0.2) is 4.39 Å². The quantitative estimate of drug-likeness (QED) is 0.812. The van der Waals surface area contributed by atoms with Gasteiger partial charge in [-0.15, -0.1) is 0 Å². The molecule has 0 atom stereocenters. The molecule has 0 heterocycles. The fourth-order valence-corrected chi connectivity index (χ4v) is 2.36. The number of nitrogens with zero attached hydrogens (tertiary/aromatic N) is 2. The fraction of sp³-hybridized carbons (Fsp3) is 0.278. The molecule has 0 unspecified atom stereocenters. The Bertz CT molecular complexity index is 792. The third-order valence-electron chi connectivity index (χ3n) is 3.55. The number of hydrogen-bond acceptors (Lipinski definition) is 3.